The van der Waals surface area contributed by atoms with Crippen molar-refractivity contribution in [1.29, 1.82) is 0 Å². The summed E-state index contributed by atoms with van der Waals surface area (Å²) in [5.74, 6) is 0.648. The Morgan fingerprint density at radius 2 is 1.73 bits per heavy atom. The maximum absolute atomic E-state index is 4.22. The van der Waals surface area contributed by atoms with E-state index >= 15 is 0 Å². The molecule has 0 radical (unpaired) electrons. The van der Waals surface area contributed by atoms with Crippen LogP contribution in [0.5, 0.6) is 0 Å². The molecule has 3 rings (SSSR count). The highest BCUT2D eigenvalue weighted by atomic mass is 15.1. The van der Waals surface area contributed by atoms with Crippen LogP contribution in [0.15, 0.2) is 42.7 Å². The minimum absolute atomic E-state index is 0.648. The zero-order valence-corrected chi connectivity index (χ0v) is 7.88. The van der Waals surface area contributed by atoms with Crippen LogP contribution in [0, 0.1) is 0 Å². The van der Waals surface area contributed by atoms with Gasteiger partial charge in [-0.3, -0.25) is 5.10 Å². The summed E-state index contributed by atoms with van der Waals surface area (Å²) in [7, 11) is 0. The fourth-order valence-corrected chi connectivity index (χ4v) is 1.56. The lowest BCUT2D eigenvalue weighted by molar-refractivity contribution is 1.08. The predicted octanol–water partition coefficient (Wildman–Crippen LogP) is 2.02. The maximum atomic E-state index is 4.22. The molecule has 4 nitrogen and oxygen atoms in total. The Morgan fingerprint density at radius 3 is 2.60 bits per heavy atom. The molecule has 0 saturated heterocycles. The SMILES string of the molecule is c1cnc(-c2n[nH]c3ccccc23)nc1. The summed E-state index contributed by atoms with van der Waals surface area (Å²) in [6.45, 7) is 0. The topological polar surface area (TPSA) is 54.5 Å². The zero-order chi connectivity index (χ0) is 10.1. The highest BCUT2D eigenvalue weighted by Gasteiger charge is 2.08. The number of aromatic nitrogens is 4. The summed E-state index contributed by atoms with van der Waals surface area (Å²) < 4.78 is 0. The van der Waals surface area contributed by atoms with Crippen LogP contribution >= 0.6 is 0 Å². The van der Waals surface area contributed by atoms with E-state index in [9.17, 15) is 0 Å². The van der Waals surface area contributed by atoms with Crippen molar-refractivity contribution >= 4 is 10.9 Å². The van der Waals surface area contributed by atoms with Crippen LogP contribution in [0.1, 0.15) is 0 Å². The number of nitrogens with one attached hydrogen (secondary N) is 1. The van der Waals surface area contributed by atoms with Crippen LogP contribution < -0.4 is 0 Å². The van der Waals surface area contributed by atoms with Crippen molar-refractivity contribution in [2.24, 2.45) is 0 Å². The Hall–Kier alpha value is -2.23. The number of benzene rings is 1. The summed E-state index contributed by atoms with van der Waals surface area (Å²) in [6.07, 6.45) is 3.43. The molecule has 0 aliphatic carbocycles. The second-order valence-electron chi connectivity index (χ2n) is 3.19. The normalized spacial score (nSPS) is 10.7. The molecule has 0 fully saturated rings. The number of hydrogen-bond acceptors (Lipinski definition) is 3. The monoisotopic (exact) mass is 196 g/mol. The van der Waals surface area contributed by atoms with Crippen LogP contribution in [0.4, 0.5) is 0 Å². The molecule has 0 saturated carbocycles. The number of fused-ring (bicyclic) bond motifs is 1. The van der Waals surface area contributed by atoms with Gasteiger partial charge in [-0.25, -0.2) is 9.97 Å². The lowest BCUT2D eigenvalue weighted by atomic mass is 10.2. The van der Waals surface area contributed by atoms with Crippen LogP contribution in [0.2, 0.25) is 0 Å². The molecular weight excluding hydrogens is 188 g/mol. The molecule has 1 aromatic carbocycles. The standard InChI is InChI=1S/C11H8N4/c1-2-5-9-8(4-1)10(15-14-9)11-12-6-3-7-13-11/h1-7H,(H,14,15). The minimum atomic E-state index is 0.648. The fourth-order valence-electron chi connectivity index (χ4n) is 1.56. The van der Waals surface area contributed by atoms with E-state index in [0.29, 0.717) is 5.82 Å². The van der Waals surface area contributed by atoms with Gasteiger partial charge in [-0.2, -0.15) is 5.10 Å². The highest BCUT2D eigenvalue weighted by molar-refractivity contribution is 5.90. The molecule has 0 unspecified atom stereocenters. The van der Waals surface area contributed by atoms with Gasteiger partial charge in [0.05, 0.1) is 5.52 Å². The van der Waals surface area contributed by atoms with Gasteiger partial charge in [0.1, 0.15) is 5.69 Å². The van der Waals surface area contributed by atoms with E-state index in [1.54, 1.807) is 18.5 Å². The third kappa shape index (κ3) is 1.27. The number of para-hydroxylation sites is 1. The van der Waals surface area contributed by atoms with E-state index in [2.05, 4.69) is 20.2 Å². The second-order valence-corrected chi connectivity index (χ2v) is 3.19. The molecule has 0 spiro atoms. The van der Waals surface area contributed by atoms with E-state index in [4.69, 9.17) is 0 Å². The summed E-state index contributed by atoms with van der Waals surface area (Å²) in [4.78, 5) is 8.36. The van der Waals surface area contributed by atoms with E-state index in [1.165, 1.54) is 0 Å². The first-order chi connectivity index (χ1) is 7.45. The lowest BCUT2D eigenvalue weighted by Gasteiger charge is -1.93. The molecule has 15 heavy (non-hydrogen) atoms. The summed E-state index contributed by atoms with van der Waals surface area (Å²) in [5, 5.41) is 8.22. The van der Waals surface area contributed by atoms with Gasteiger partial charge in [0.15, 0.2) is 5.82 Å². The van der Waals surface area contributed by atoms with Gasteiger partial charge >= 0.3 is 0 Å². The van der Waals surface area contributed by atoms with Crippen molar-refractivity contribution in [2.45, 2.75) is 0 Å². The molecule has 0 aliphatic heterocycles. The fraction of sp³-hybridized carbons (Fsp3) is 0. The van der Waals surface area contributed by atoms with Crippen molar-refractivity contribution in [3.63, 3.8) is 0 Å². The lowest BCUT2D eigenvalue weighted by Crippen LogP contribution is -1.86. The molecule has 0 bridgehead atoms. The van der Waals surface area contributed by atoms with E-state index < -0.39 is 0 Å². The largest absolute Gasteiger partial charge is 0.277 e. The van der Waals surface area contributed by atoms with Gasteiger partial charge in [-0.15, -0.1) is 0 Å². The second kappa shape index (κ2) is 3.16. The predicted molar refractivity (Wildman–Crippen MR) is 57.1 cm³/mol. The molecule has 0 amide bonds. The Kier molecular flexibility index (Phi) is 1.71. The number of rotatable bonds is 1. The Bertz CT molecular complexity index is 586. The maximum Gasteiger partial charge on any atom is 0.180 e. The van der Waals surface area contributed by atoms with Crippen LogP contribution in [0.3, 0.4) is 0 Å². The van der Waals surface area contributed by atoms with E-state index in [0.717, 1.165) is 16.6 Å². The van der Waals surface area contributed by atoms with E-state index in [-0.39, 0.29) is 0 Å². The van der Waals surface area contributed by atoms with E-state index in [1.807, 2.05) is 24.3 Å². The van der Waals surface area contributed by atoms with Crippen molar-refractivity contribution in [2.75, 3.05) is 0 Å². The smallest absolute Gasteiger partial charge is 0.180 e. The van der Waals surface area contributed by atoms with Gasteiger partial charge in [-0.05, 0) is 12.1 Å². The molecular formula is C11H8N4. The Morgan fingerprint density at radius 1 is 0.933 bits per heavy atom. The van der Waals surface area contributed by atoms with Crippen molar-refractivity contribution in [3.05, 3.63) is 42.7 Å². The molecule has 2 heterocycles. The molecule has 3 aromatic rings. The van der Waals surface area contributed by atoms with Crippen molar-refractivity contribution < 1.29 is 0 Å². The number of hydrogen-bond donors (Lipinski definition) is 1. The van der Waals surface area contributed by atoms with Gasteiger partial charge in [0.25, 0.3) is 0 Å². The van der Waals surface area contributed by atoms with Crippen LogP contribution in [-0.2, 0) is 0 Å². The average molecular weight is 196 g/mol. The van der Waals surface area contributed by atoms with Gasteiger partial charge in [0, 0.05) is 17.8 Å². The summed E-state index contributed by atoms with van der Waals surface area (Å²) >= 11 is 0. The average Bonchev–Trinajstić information content (AvgIpc) is 2.74. The molecule has 2 aromatic heterocycles. The number of H-pyrrole nitrogens is 1. The zero-order valence-electron chi connectivity index (χ0n) is 7.88. The molecule has 0 atom stereocenters. The minimum Gasteiger partial charge on any atom is -0.277 e. The highest BCUT2D eigenvalue weighted by Crippen LogP contribution is 2.22. The first-order valence-corrected chi connectivity index (χ1v) is 4.65. The van der Waals surface area contributed by atoms with Crippen LogP contribution in [0.25, 0.3) is 22.4 Å². The van der Waals surface area contributed by atoms with Crippen LogP contribution in [-0.4, -0.2) is 20.2 Å². The van der Waals surface area contributed by atoms with Gasteiger partial charge in [0.2, 0.25) is 0 Å². The Labute approximate surface area is 86.0 Å². The molecule has 0 aliphatic rings. The van der Waals surface area contributed by atoms with Crippen molar-refractivity contribution in [3.8, 4) is 11.5 Å². The van der Waals surface area contributed by atoms with Gasteiger partial charge in [-0.1, -0.05) is 18.2 Å². The Balaban J connectivity index is 2.28. The summed E-state index contributed by atoms with van der Waals surface area (Å²) in [6, 6.07) is 9.72. The third-order valence-corrected chi connectivity index (χ3v) is 2.25. The quantitative estimate of drug-likeness (QED) is 0.647. The van der Waals surface area contributed by atoms with Crippen molar-refractivity contribution in [1.82, 2.24) is 20.2 Å². The summed E-state index contributed by atoms with van der Waals surface area (Å²) in [5.41, 5.74) is 1.80. The molecule has 72 valence electrons. The first-order valence-electron chi connectivity index (χ1n) is 4.65. The molecule has 1 N–H and O–H groups in total. The number of aromatic amines is 1. The number of nitrogens with zero attached hydrogens (tertiary/aromatic N) is 3. The third-order valence-electron chi connectivity index (χ3n) is 2.25. The van der Waals surface area contributed by atoms with Gasteiger partial charge < -0.3 is 0 Å². The molecule has 4 heteroatoms. The first kappa shape index (κ1) is 8.11.